The first-order valence-corrected chi connectivity index (χ1v) is 7.87. The fraction of sp³-hybridized carbons (Fsp3) is 0.267. The van der Waals surface area contributed by atoms with Crippen LogP contribution in [0.2, 0.25) is 0 Å². The van der Waals surface area contributed by atoms with Crippen molar-refractivity contribution in [2.24, 2.45) is 0 Å². The third kappa shape index (κ3) is 4.36. The average molecular weight is 299 g/mol. The zero-order chi connectivity index (χ0) is 15.1. The van der Waals surface area contributed by atoms with Crippen molar-refractivity contribution >= 4 is 29.1 Å². The molecule has 0 aliphatic carbocycles. The van der Waals surface area contributed by atoms with Gasteiger partial charge in [-0.05, 0) is 30.9 Å². The molecule has 0 unspecified atom stereocenters. The molecule has 21 heavy (non-hydrogen) atoms. The van der Waals surface area contributed by atoms with Gasteiger partial charge in [-0.1, -0.05) is 23.9 Å². The van der Waals surface area contributed by atoms with Crippen LogP contribution in [0.3, 0.4) is 0 Å². The van der Waals surface area contributed by atoms with Crippen LogP contribution >= 0.6 is 11.8 Å². The highest BCUT2D eigenvalue weighted by Gasteiger charge is 2.04. The van der Waals surface area contributed by atoms with E-state index in [9.17, 15) is 0 Å². The molecule has 1 heterocycles. The van der Waals surface area contributed by atoms with Crippen molar-refractivity contribution in [2.45, 2.75) is 18.5 Å². The first kappa shape index (κ1) is 15.1. The van der Waals surface area contributed by atoms with Crippen molar-refractivity contribution in [3.05, 3.63) is 35.9 Å². The molecule has 1 aromatic carbocycles. The molecule has 0 spiro atoms. The smallest absolute Gasteiger partial charge is 0.191 e. The molecule has 2 N–H and O–H groups in total. The molecule has 0 aliphatic rings. The van der Waals surface area contributed by atoms with E-state index in [4.69, 9.17) is 5.26 Å². The number of hydrogen-bond donors (Lipinski definition) is 2. The third-order valence-corrected chi connectivity index (χ3v) is 3.30. The quantitative estimate of drug-likeness (QED) is 0.629. The van der Waals surface area contributed by atoms with E-state index in [1.807, 2.05) is 43.5 Å². The van der Waals surface area contributed by atoms with E-state index >= 15 is 0 Å². The summed E-state index contributed by atoms with van der Waals surface area (Å²) < 4.78 is 0. The van der Waals surface area contributed by atoms with Crippen molar-refractivity contribution in [1.29, 1.82) is 5.26 Å². The Morgan fingerprint density at radius 1 is 1.19 bits per heavy atom. The number of nitrogens with zero attached hydrogens (tertiary/aromatic N) is 3. The fourth-order valence-corrected chi connectivity index (χ4v) is 2.18. The predicted molar refractivity (Wildman–Crippen MR) is 87.0 cm³/mol. The summed E-state index contributed by atoms with van der Waals surface area (Å²) in [5.74, 6) is 1.55. The third-order valence-electron chi connectivity index (χ3n) is 2.76. The monoisotopic (exact) mass is 299 g/mol. The maximum absolute atomic E-state index is 8.67. The lowest BCUT2D eigenvalue weighted by atomic mass is 10.1. The maximum atomic E-state index is 8.67. The van der Waals surface area contributed by atoms with Crippen molar-refractivity contribution < 1.29 is 0 Å². The number of aromatic nitrogens is 2. The largest absolute Gasteiger partial charge is 0.370 e. The molecule has 0 saturated carbocycles. The van der Waals surface area contributed by atoms with Crippen molar-refractivity contribution in [3.63, 3.8) is 0 Å². The van der Waals surface area contributed by atoms with Gasteiger partial charge in [0.1, 0.15) is 11.6 Å². The molecule has 0 aliphatic heterocycles. The summed E-state index contributed by atoms with van der Waals surface area (Å²) in [4.78, 5) is 8.82. The van der Waals surface area contributed by atoms with Gasteiger partial charge in [0.2, 0.25) is 0 Å². The minimum absolute atomic E-state index is 0.426. The Bertz CT molecular complexity index is 634. The molecule has 0 atom stereocenters. The van der Waals surface area contributed by atoms with E-state index in [2.05, 4.69) is 26.7 Å². The van der Waals surface area contributed by atoms with Gasteiger partial charge in [-0.2, -0.15) is 5.26 Å². The van der Waals surface area contributed by atoms with Crippen LogP contribution in [0.25, 0.3) is 0 Å². The molecule has 2 rings (SSSR count). The van der Waals surface area contributed by atoms with Gasteiger partial charge >= 0.3 is 0 Å². The maximum Gasteiger partial charge on any atom is 0.191 e. The number of anilines is 3. The van der Waals surface area contributed by atoms with Gasteiger partial charge in [-0.15, -0.1) is 0 Å². The summed E-state index contributed by atoms with van der Waals surface area (Å²) in [6.07, 6.45) is 2.38. The highest BCUT2D eigenvalue weighted by molar-refractivity contribution is 7.98. The number of thioether (sulfide) groups is 1. The molecule has 0 amide bonds. The van der Waals surface area contributed by atoms with E-state index in [1.54, 1.807) is 0 Å². The Kier molecular flexibility index (Phi) is 5.41. The molecule has 0 radical (unpaired) electrons. The van der Waals surface area contributed by atoms with Crippen molar-refractivity contribution in [2.75, 3.05) is 23.4 Å². The Morgan fingerprint density at radius 2 is 1.90 bits per heavy atom. The van der Waals surface area contributed by atoms with E-state index in [0.29, 0.717) is 6.42 Å². The van der Waals surface area contributed by atoms with Crippen LogP contribution in [0.15, 0.2) is 35.5 Å². The summed E-state index contributed by atoms with van der Waals surface area (Å²) in [6.45, 7) is 2.84. The highest BCUT2D eigenvalue weighted by Crippen LogP contribution is 2.21. The van der Waals surface area contributed by atoms with Gasteiger partial charge in [0.15, 0.2) is 5.16 Å². The fourth-order valence-electron chi connectivity index (χ4n) is 1.80. The molecular weight excluding hydrogens is 282 g/mol. The van der Waals surface area contributed by atoms with Gasteiger partial charge < -0.3 is 10.6 Å². The number of hydrogen-bond acceptors (Lipinski definition) is 6. The first-order chi connectivity index (χ1) is 10.2. The van der Waals surface area contributed by atoms with E-state index in [0.717, 1.165) is 34.6 Å². The van der Waals surface area contributed by atoms with Crippen LogP contribution < -0.4 is 10.6 Å². The molecule has 6 heteroatoms. The van der Waals surface area contributed by atoms with Crippen LogP contribution in [0.4, 0.5) is 17.3 Å². The Hall–Kier alpha value is -2.26. The Labute approximate surface area is 128 Å². The second-order valence-corrected chi connectivity index (χ2v) is 5.09. The lowest BCUT2D eigenvalue weighted by Gasteiger charge is -2.10. The molecule has 5 nitrogen and oxygen atoms in total. The van der Waals surface area contributed by atoms with Crippen LogP contribution in [-0.2, 0) is 6.42 Å². The van der Waals surface area contributed by atoms with Gasteiger partial charge in [-0.25, -0.2) is 9.97 Å². The van der Waals surface area contributed by atoms with Crippen LogP contribution in [0.1, 0.15) is 12.5 Å². The summed E-state index contributed by atoms with van der Waals surface area (Å²) >= 11 is 1.50. The number of nitriles is 1. The summed E-state index contributed by atoms with van der Waals surface area (Å²) in [5.41, 5.74) is 1.94. The molecule has 0 bridgehead atoms. The second kappa shape index (κ2) is 7.50. The number of rotatable bonds is 6. The summed E-state index contributed by atoms with van der Waals surface area (Å²) in [5, 5.41) is 15.8. The van der Waals surface area contributed by atoms with Crippen LogP contribution in [-0.4, -0.2) is 22.8 Å². The van der Waals surface area contributed by atoms with E-state index < -0.39 is 0 Å². The van der Waals surface area contributed by atoms with Crippen molar-refractivity contribution in [1.82, 2.24) is 9.97 Å². The first-order valence-electron chi connectivity index (χ1n) is 6.65. The van der Waals surface area contributed by atoms with E-state index in [1.165, 1.54) is 11.8 Å². The standard InChI is InChI=1S/C15H17N5S/c1-3-17-13-10-14(20-15(19-13)21-2)18-12-6-4-11(5-7-12)8-9-16/h4-7,10H,3,8H2,1-2H3,(H2,17,18,19,20). The number of benzene rings is 1. The zero-order valence-corrected chi connectivity index (χ0v) is 12.9. The summed E-state index contributed by atoms with van der Waals surface area (Å²) in [7, 11) is 0. The Morgan fingerprint density at radius 3 is 2.52 bits per heavy atom. The molecule has 0 fully saturated rings. The van der Waals surface area contributed by atoms with Gasteiger partial charge in [-0.3, -0.25) is 0 Å². The van der Waals surface area contributed by atoms with Crippen molar-refractivity contribution in [3.8, 4) is 6.07 Å². The average Bonchev–Trinajstić information content (AvgIpc) is 2.49. The lowest BCUT2D eigenvalue weighted by Crippen LogP contribution is -2.03. The Balaban J connectivity index is 2.18. The molecule has 0 saturated heterocycles. The number of nitrogens with one attached hydrogen (secondary N) is 2. The molecular formula is C15H17N5S. The highest BCUT2D eigenvalue weighted by atomic mass is 32.2. The summed E-state index contributed by atoms with van der Waals surface area (Å²) in [6, 6.07) is 11.8. The van der Waals surface area contributed by atoms with E-state index in [-0.39, 0.29) is 0 Å². The minimum atomic E-state index is 0.426. The zero-order valence-electron chi connectivity index (χ0n) is 12.1. The van der Waals surface area contributed by atoms with Crippen LogP contribution in [0, 0.1) is 11.3 Å². The van der Waals surface area contributed by atoms with Gasteiger partial charge in [0, 0.05) is 18.3 Å². The predicted octanol–water partition coefficient (Wildman–Crippen LogP) is 3.44. The van der Waals surface area contributed by atoms with Gasteiger partial charge in [0.25, 0.3) is 0 Å². The molecule has 1 aromatic heterocycles. The van der Waals surface area contributed by atoms with Crippen LogP contribution in [0.5, 0.6) is 0 Å². The minimum Gasteiger partial charge on any atom is -0.370 e. The molecule has 108 valence electrons. The van der Waals surface area contributed by atoms with Gasteiger partial charge in [0.05, 0.1) is 12.5 Å². The normalized spacial score (nSPS) is 9.95. The lowest BCUT2D eigenvalue weighted by molar-refractivity contribution is 0.967. The topological polar surface area (TPSA) is 73.6 Å². The molecule has 2 aromatic rings. The second-order valence-electron chi connectivity index (χ2n) is 4.31. The SMILES string of the molecule is CCNc1cc(Nc2ccc(CC#N)cc2)nc(SC)n1.